The monoisotopic (exact) mass is 106 g/mol. The zero-order valence-corrected chi connectivity index (χ0v) is 3.47. The topological polar surface area (TPSA) is 104 Å². The summed E-state index contributed by atoms with van der Waals surface area (Å²) >= 11 is 0. The maximum atomic E-state index is 9.58. The van der Waals surface area contributed by atoms with Crippen LogP contribution in [0.5, 0.6) is 0 Å². The van der Waals surface area contributed by atoms with Gasteiger partial charge in [-0.25, -0.2) is 5.84 Å². The number of nitrogens with two attached hydrogens (primary N) is 1. The minimum absolute atomic E-state index is 0. The lowest BCUT2D eigenvalue weighted by Gasteiger charge is -1.79. The van der Waals surface area contributed by atoms with E-state index >= 15 is 0 Å². The Morgan fingerprint density at radius 2 is 2.14 bits per heavy atom. The zero-order valence-electron chi connectivity index (χ0n) is 3.47. The van der Waals surface area contributed by atoms with Crippen LogP contribution in [0.4, 0.5) is 0 Å². The normalized spacial score (nSPS) is 5.86. The van der Waals surface area contributed by atoms with Crippen molar-refractivity contribution in [2.24, 2.45) is 5.84 Å². The minimum Gasteiger partial charge on any atom is -0.412 e. The molecule has 0 saturated heterocycles. The molecule has 0 aromatic heterocycles. The Bertz CT molecular complexity index is 71.3. The van der Waals surface area contributed by atoms with Gasteiger partial charge in [0.15, 0.2) is 0 Å². The molecule has 0 aliphatic carbocycles. The Morgan fingerprint density at radius 1 is 1.71 bits per heavy atom. The van der Waals surface area contributed by atoms with E-state index in [1.165, 1.54) is 0 Å². The van der Waals surface area contributed by atoms with E-state index in [-0.39, 0.29) is 11.8 Å². The molecule has 0 saturated carbocycles. The van der Waals surface area contributed by atoms with Crippen LogP contribution in [0.15, 0.2) is 0 Å². The number of hydrogen-bond acceptors (Lipinski definition) is 3. The third kappa shape index (κ3) is 5.06. The van der Waals surface area contributed by atoms with Gasteiger partial charge in [0.25, 0.3) is 5.91 Å². The van der Waals surface area contributed by atoms with Crippen LogP contribution in [0.1, 0.15) is 0 Å². The number of carbonyl (C=O) groups is 2. The molecule has 0 bridgehead atoms. The molecule has 42 valence electrons. The van der Waals surface area contributed by atoms with Crippen molar-refractivity contribution < 1.29 is 15.1 Å². The molecule has 0 aliphatic rings. The second kappa shape index (κ2) is 5.06. The predicted octanol–water partition coefficient (Wildman–Crippen LogP) is -2.65. The molecule has 0 aromatic rings. The number of hydrazine groups is 1. The molecule has 5 heteroatoms. The molecule has 7 heavy (non-hydrogen) atoms. The standard InChI is InChI=1S/C2H4N2O2.H2O/c3-4-2(6)1-5;/h1H,3H2,(H,4,6);1H2. The number of aldehydes is 1. The summed E-state index contributed by atoms with van der Waals surface area (Å²) in [5.41, 5.74) is 1.61. The third-order valence-corrected chi connectivity index (χ3v) is 0.249. The maximum absolute atomic E-state index is 9.58. The Hall–Kier alpha value is -0.940. The van der Waals surface area contributed by atoms with Gasteiger partial charge in [0.1, 0.15) is 0 Å². The van der Waals surface area contributed by atoms with Crippen molar-refractivity contribution in [3.63, 3.8) is 0 Å². The minimum atomic E-state index is -0.810. The second-order valence-corrected chi connectivity index (χ2v) is 0.626. The van der Waals surface area contributed by atoms with Gasteiger partial charge in [0.05, 0.1) is 0 Å². The van der Waals surface area contributed by atoms with Gasteiger partial charge in [-0.05, 0) is 0 Å². The molecule has 0 rings (SSSR count). The SMILES string of the molecule is NNC(=O)C=O.O. The fourth-order valence-electron chi connectivity index (χ4n) is 0.0340. The van der Waals surface area contributed by atoms with Gasteiger partial charge in [0.2, 0.25) is 6.29 Å². The van der Waals surface area contributed by atoms with Crippen molar-refractivity contribution in [2.75, 3.05) is 0 Å². The number of carbonyl (C=O) groups excluding carboxylic acids is 2. The summed E-state index contributed by atoms with van der Waals surface area (Å²) in [7, 11) is 0. The molecule has 0 atom stereocenters. The van der Waals surface area contributed by atoms with Crippen LogP contribution >= 0.6 is 0 Å². The number of hydrogen-bond donors (Lipinski definition) is 2. The van der Waals surface area contributed by atoms with Gasteiger partial charge in [-0.2, -0.15) is 0 Å². The molecule has 5 N–H and O–H groups in total. The number of nitrogens with one attached hydrogen (secondary N) is 1. The molecule has 0 radical (unpaired) electrons. The van der Waals surface area contributed by atoms with Crippen LogP contribution in [0.2, 0.25) is 0 Å². The van der Waals surface area contributed by atoms with Gasteiger partial charge >= 0.3 is 0 Å². The Morgan fingerprint density at radius 3 is 2.14 bits per heavy atom. The van der Waals surface area contributed by atoms with Crippen LogP contribution in [0, 0.1) is 0 Å². The molecule has 1 amide bonds. The predicted molar refractivity (Wildman–Crippen MR) is 22.0 cm³/mol. The van der Waals surface area contributed by atoms with Crippen molar-refractivity contribution in [1.82, 2.24) is 5.43 Å². The number of rotatable bonds is 1. The summed E-state index contributed by atoms with van der Waals surface area (Å²) in [5, 5.41) is 0. The highest BCUT2D eigenvalue weighted by Gasteiger charge is 1.85. The van der Waals surface area contributed by atoms with Gasteiger partial charge < -0.3 is 5.48 Å². The van der Waals surface area contributed by atoms with E-state index < -0.39 is 5.91 Å². The summed E-state index contributed by atoms with van der Waals surface area (Å²) in [6.07, 6.45) is 0.0972. The lowest BCUT2D eigenvalue weighted by atomic mass is 10.7. The Labute approximate surface area is 39.8 Å². The lowest BCUT2D eigenvalue weighted by Crippen LogP contribution is -2.30. The fraction of sp³-hybridized carbons (Fsp3) is 0. The van der Waals surface area contributed by atoms with E-state index in [0.29, 0.717) is 0 Å². The molecule has 0 aliphatic heterocycles. The first-order chi connectivity index (χ1) is 2.81. The van der Waals surface area contributed by atoms with Crippen LogP contribution in [-0.4, -0.2) is 17.7 Å². The van der Waals surface area contributed by atoms with Crippen molar-refractivity contribution in [3.05, 3.63) is 0 Å². The lowest BCUT2D eigenvalue weighted by molar-refractivity contribution is -0.131. The average Bonchev–Trinajstić information content (AvgIpc) is 1.65. The van der Waals surface area contributed by atoms with Crippen molar-refractivity contribution in [3.8, 4) is 0 Å². The van der Waals surface area contributed by atoms with Gasteiger partial charge in [-0.3, -0.25) is 15.0 Å². The maximum Gasteiger partial charge on any atom is 0.297 e. The quantitative estimate of drug-likeness (QED) is 0.125. The Kier molecular flexibility index (Phi) is 6.80. The molecule has 0 aromatic carbocycles. The summed E-state index contributed by atoms with van der Waals surface area (Å²) in [6, 6.07) is 0. The van der Waals surface area contributed by atoms with E-state index in [1.807, 2.05) is 0 Å². The first-order valence-corrected chi connectivity index (χ1v) is 1.27. The zero-order chi connectivity index (χ0) is 4.99. The first-order valence-electron chi connectivity index (χ1n) is 1.27. The van der Waals surface area contributed by atoms with Gasteiger partial charge in [0, 0.05) is 0 Å². The van der Waals surface area contributed by atoms with Crippen molar-refractivity contribution in [2.45, 2.75) is 0 Å². The second-order valence-electron chi connectivity index (χ2n) is 0.626. The van der Waals surface area contributed by atoms with E-state index in [1.54, 1.807) is 5.43 Å². The summed E-state index contributed by atoms with van der Waals surface area (Å²) in [5.74, 6) is 3.64. The largest absolute Gasteiger partial charge is 0.412 e. The van der Waals surface area contributed by atoms with Crippen molar-refractivity contribution in [1.29, 1.82) is 0 Å². The molecule has 0 unspecified atom stereocenters. The van der Waals surface area contributed by atoms with Gasteiger partial charge in [-0.15, -0.1) is 0 Å². The number of amides is 1. The third-order valence-electron chi connectivity index (χ3n) is 0.249. The van der Waals surface area contributed by atoms with Crippen LogP contribution in [0.3, 0.4) is 0 Å². The molecule has 0 fully saturated rings. The summed E-state index contributed by atoms with van der Waals surface area (Å²) < 4.78 is 0. The van der Waals surface area contributed by atoms with E-state index in [9.17, 15) is 9.59 Å². The Balaban J connectivity index is 0. The van der Waals surface area contributed by atoms with Crippen LogP contribution in [0.25, 0.3) is 0 Å². The molecular weight excluding hydrogens is 100 g/mol. The average molecular weight is 106 g/mol. The van der Waals surface area contributed by atoms with Crippen LogP contribution in [-0.2, 0) is 9.59 Å². The van der Waals surface area contributed by atoms with Gasteiger partial charge in [-0.1, -0.05) is 0 Å². The molecule has 5 nitrogen and oxygen atoms in total. The van der Waals surface area contributed by atoms with E-state index in [4.69, 9.17) is 0 Å². The van der Waals surface area contributed by atoms with E-state index in [0.717, 1.165) is 0 Å². The van der Waals surface area contributed by atoms with E-state index in [2.05, 4.69) is 5.84 Å². The molecule has 0 heterocycles. The smallest absolute Gasteiger partial charge is 0.297 e. The highest BCUT2D eigenvalue weighted by molar-refractivity contribution is 6.23. The van der Waals surface area contributed by atoms with Crippen LogP contribution < -0.4 is 11.3 Å². The molecule has 0 spiro atoms. The highest BCUT2D eigenvalue weighted by Crippen LogP contribution is 1.39. The summed E-state index contributed by atoms with van der Waals surface area (Å²) in [4.78, 5) is 18.8. The van der Waals surface area contributed by atoms with Crippen molar-refractivity contribution >= 4 is 12.2 Å². The highest BCUT2D eigenvalue weighted by atomic mass is 16.2. The first kappa shape index (κ1) is 9.41. The fourth-order valence-corrected chi connectivity index (χ4v) is 0.0340. The summed E-state index contributed by atoms with van der Waals surface area (Å²) in [6.45, 7) is 0. The molecular formula is C2H6N2O3.